The van der Waals surface area contributed by atoms with Crippen LogP contribution < -0.4 is 16.6 Å². The number of hydrogen-bond acceptors (Lipinski definition) is 7. The molecule has 0 radical (unpaired) electrons. The second kappa shape index (κ2) is 5.07. The molecule has 0 spiro atoms. The predicted octanol–water partition coefficient (Wildman–Crippen LogP) is 1.56. The highest BCUT2D eigenvalue weighted by Crippen LogP contribution is 2.26. The lowest BCUT2D eigenvalue weighted by Gasteiger charge is -2.10. The fourth-order valence-electron chi connectivity index (χ4n) is 2.04. The molecule has 0 bridgehead atoms. The number of nitriles is 1. The summed E-state index contributed by atoms with van der Waals surface area (Å²) in [7, 11) is 0. The summed E-state index contributed by atoms with van der Waals surface area (Å²) in [4.78, 5) is 8.41. The first-order chi connectivity index (χ1) is 10.2. The number of H-pyrrole nitrogens is 1. The van der Waals surface area contributed by atoms with Crippen LogP contribution in [0.4, 0.5) is 17.5 Å². The monoisotopic (exact) mass is 280 g/mol. The highest BCUT2D eigenvalue weighted by molar-refractivity contribution is 5.89. The molecule has 0 atom stereocenters. The molecule has 3 rings (SSSR count). The van der Waals surface area contributed by atoms with Crippen molar-refractivity contribution in [1.29, 1.82) is 5.26 Å². The van der Waals surface area contributed by atoms with Gasteiger partial charge in [-0.2, -0.15) is 20.3 Å². The number of aryl methyl sites for hydroxylation is 1. The van der Waals surface area contributed by atoms with Crippen LogP contribution in [0.5, 0.6) is 0 Å². The van der Waals surface area contributed by atoms with Gasteiger partial charge in [0.15, 0.2) is 5.65 Å². The van der Waals surface area contributed by atoms with E-state index in [-0.39, 0.29) is 5.95 Å². The molecule has 0 aliphatic rings. The molecule has 0 aliphatic carbocycles. The smallest absolute Gasteiger partial charge is 0.241 e. The van der Waals surface area contributed by atoms with Crippen LogP contribution in [0.2, 0.25) is 0 Å². The number of nitrogen functional groups attached to an aromatic ring is 1. The van der Waals surface area contributed by atoms with Gasteiger partial charge >= 0.3 is 0 Å². The molecule has 0 unspecified atom stereocenters. The molecule has 3 aromatic rings. The Bertz CT molecular complexity index is 845. The number of benzene rings is 1. The maximum atomic E-state index is 9.28. The van der Waals surface area contributed by atoms with Gasteiger partial charge in [0.1, 0.15) is 11.9 Å². The first kappa shape index (κ1) is 12.8. The van der Waals surface area contributed by atoms with Gasteiger partial charge in [0.05, 0.1) is 22.8 Å². The molecule has 0 amide bonds. The van der Waals surface area contributed by atoms with E-state index >= 15 is 0 Å². The van der Waals surface area contributed by atoms with Gasteiger partial charge in [-0.05, 0) is 18.6 Å². The third-order valence-electron chi connectivity index (χ3n) is 3.08. The molecule has 0 fully saturated rings. The molecular formula is C13H12N8. The number of anilines is 3. The summed E-state index contributed by atoms with van der Waals surface area (Å²) in [6.45, 7) is 1.88. The van der Waals surface area contributed by atoms with E-state index in [1.54, 1.807) is 6.20 Å². The fourth-order valence-corrected chi connectivity index (χ4v) is 2.04. The highest BCUT2D eigenvalue weighted by Gasteiger charge is 2.12. The Balaban J connectivity index is 2.12. The Hall–Kier alpha value is -3.18. The molecule has 21 heavy (non-hydrogen) atoms. The zero-order chi connectivity index (χ0) is 14.8. The van der Waals surface area contributed by atoms with Crippen LogP contribution in [0.25, 0.3) is 11.0 Å². The minimum Gasteiger partial charge on any atom is -0.338 e. The molecule has 2 aromatic heterocycles. The van der Waals surface area contributed by atoms with Crippen LogP contribution in [-0.4, -0.2) is 20.2 Å². The molecule has 2 heterocycles. The largest absolute Gasteiger partial charge is 0.338 e. The van der Waals surface area contributed by atoms with Crippen molar-refractivity contribution < 1.29 is 0 Å². The normalized spacial score (nSPS) is 10.3. The van der Waals surface area contributed by atoms with Crippen LogP contribution in [0.15, 0.2) is 24.4 Å². The van der Waals surface area contributed by atoms with E-state index in [4.69, 9.17) is 5.84 Å². The number of nitrogens with zero attached hydrogens (tertiary/aromatic N) is 4. The van der Waals surface area contributed by atoms with E-state index in [0.717, 1.165) is 5.56 Å². The van der Waals surface area contributed by atoms with Crippen molar-refractivity contribution in [2.45, 2.75) is 6.92 Å². The Morgan fingerprint density at radius 3 is 2.95 bits per heavy atom. The minimum atomic E-state index is 0.250. The fraction of sp³-hybridized carbons (Fsp3) is 0.0769. The Morgan fingerprint density at radius 2 is 2.19 bits per heavy atom. The summed E-state index contributed by atoms with van der Waals surface area (Å²) in [5.74, 6) is 6.13. The predicted molar refractivity (Wildman–Crippen MR) is 78.7 cm³/mol. The SMILES string of the molecule is Cc1cccc(Nc2nc(NN)nc3[nH]ncc23)c1C#N. The van der Waals surface area contributed by atoms with Gasteiger partial charge in [0, 0.05) is 0 Å². The zero-order valence-electron chi connectivity index (χ0n) is 11.2. The molecule has 104 valence electrons. The van der Waals surface area contributed by atoms with Gasteiger partial charge in [0.2, 0.25) is 5.95 Å². The summed E-state index contributed by atoms with van der Waals surface area (Å²) >= 11 is 0. The number of aromatic amines is 1. The van der Waals surface area contributed by atoms with Gasteiger partial charge in [-0.1, -0.05) is 12.1 Å². The van der Waals surface area contributed by atoms with Crippen LogP contribution in [0, 0.1) is 18.3 Å². The molecule has 0 saturated carbocycles. The van der Waals surface area contributed by atoms with E-state index in [0.29, 0.717) is 28.1 Å². The quantitative estimate of drug-likeness (QED) is 0.423. The molecule has 0 saturated heterocycles. The lowest BCUT2D eigenvalue weighted by atomic mass is 10.1. The minimum absolute atomic E-state index is 0.250. The second-order valence-electron chi connectivity index (χ2n) is 4.41. The van der Waals surface area contributed by atoms with Gasteiger partial charge < -0.3 is 5.32 Å². The topological polar surface area (TPSA) is 128 Å². The van der Waals surface area contributed by atoms with E-state index < -0.39 is 0 Å². The molecular weight excluding hydrogens is 268 g/mol. The van der Waals surface area contributed by atoms with Crippen molar-refractivity contribution >= 4 is 28.5 Å². The zero-order valence-corrected chi connectivity index (χ0v) is 11.2. The average Bonchev–Trinajstić information content (AvgIpc) is 2.96. The van der Waals surface area contributed by atoms with Crippen molar-refractivity contribution in [2.75, 3.05) is 10.7 Å². The van der Waals surface area contributed by atoms with Gasteiger partial charge in [-0.25, -0.2) is 5.84 Å². The number of fused-ring (bicyclic) bond motifs is 1. The summed E-state index contributed by atoms with van der Waals surface area (Å²) < 4.78 is 0. The maximum absolute atomic E-state index is 9.28. The number of aromatic nitrogens is 4. The standard InChI is InChI=1S/C13H12N8/c1-7-3-2-4-10(8(7)5-14)17-11-9-6-16-21-12(9)19-13(18-11)20-15/h2-4,6H,15H2,1H3,(H3,16,17,18,19,20,21). The molecule has 1 aromatic carbocycles. The van der Waals surface area contributed by atoms with Crippen molar-refractivity contribution in [3.63, 3.8) is 0 Å². The van der Waals surface area contributed by atoms with Crippen molar-refractivity contribution in [3.8, 4) is 6.07 Å². The average molecular weight is 280 g/mol. The lowest BCUT2D eigenvalue weighted by molar-refractivity contribution is 1.08. The molecule has 8 nitrogen and oxygen atoms in total. The van der Waals surface area contributed by atoms with Gasteiger partial charge in [-0.3, -0.25) is 10.5 Å². The summed E-state index contributed by atoms with van der Waals surface area (Å²) in [6.07, 6.45) is 1.61. The Kier molecular flexibility index (Phi) is 3.10. The van der Waals surface area contributed by atoms with Gasteiger partial charge in [-0.15, -0.1) is 0 Å². The third-order valence-corrected chi connectivity index (χ3v) is 3.08. The van der Waals surface area contributed by atoms with E-state index in [2.05, 4.69) is 37.0 Å². The van der Waals surface area contributed by atoms with E-state index in [9.17, 15) is 5.26 Å². The lowest BCUT2D eigenvalue weighted by Crippen LogP contribution is -2.11. The number of nitrogens with two attached hydrogens (primary N) is 1. The van der Waals surface area contributed by atoms with E-state index in [1.165, 1.54) is 0 Å². The first-order valence-corrected chi connectivity index (χ1v) is 6.17. The number of hydrazine groups is 1. The third kappa shape index (κ3) is 2.22. The summed E-state index contributed by atoms with van der Waals surface area (Å²) in [6, 6.07) is 7.75. The number of rotatable bonds is 3. The number of hydrogen-bond donors (Lipinski definition) is 4. The number of nitrogens with one attached hydrogen (secondary N) is 3. The van der Waals surface area contributed by atoms with Crippen LogP contribution in [0.1, 0.15) is 11.1 Å². The van der Waals surface area contributed by atoms with Crippen LogP contribution in [0.3, 0.4) is 0 Å². The Labute approximate surface area is 120 Å². The maximum Gasteiger partial charge on any atom is 0.241 e. The van der Waals surface area contributed by atoms with Crippen molar-refractivity contribution in [3.05, 3.63) is 35.5 Å². The molecule has 0 aliphatic heterocycles. The molecule has 8 heteroatoms. The van der Waals surface area contributed by atoms with Crippen LogP contribution in [-0.2, 0) is 0 Å². The Morgan fingerprint density at radius 1 is 1.33 bits per heavy atom. The van der Waals surface area contributed by atoms with E-state index in [1.807, 2.05) is 25.1 Å². The highest BCUT2D eigenvalue weighted by atomic mass is 15.3. The second-order valence-corrected chi connectivity index (χ2v) is 4.41. The van der Waals surface area contributed by atoms with Crippen LogP contribution >= 0.6 is 0 Å². The van der Waals surface area contributed by atoms with Crippen molar-refractivity contribution in [1.82, 2.24) is 20.2 Å². The summed E-state index contributed by atoms with van der Waals surface area (Å²) in [5.41, 5.74) is 5.07. The summed E-state index contributed by atoms with van der Waals surface area (Å²) in [5, 5.41) is 19.8. The first-order valence-electron chi connectivity index (χ1n) is 6.17. The van der Waals surface area contributed by atoms with Crippen molar-refractivity contribution in [2.24, 2.45) is 5.84 Å². The van der Waals surface area contributed by atoms with Gasteiger partial charge in [0.25, 0.3) is 0 Å². The molecule has 5 N–H and O–H groups in total.